The van der Waals surface area contributed by atoms with Crippen LogP contribution < -0.4 is 5.32 Å². The summed E-state index contributed by atoms with van der Waals surface area (Å²) in [6, 6.07) is 1.56. The molecule has 0 spiro atoms. The van der Waals surface area contributed by atoms with Crippen molar-refractivity contribution in [3.05, 3.63) is 31.4 Å². The third kappa shape index (κ3) is 3.48. The molecular formula is C12H12Cl2N2OS2. The van der Waals surface area contributed by atoms with Gasteiger partial charge in [0.15, 0.2) is 5.13 Å². The average molecular weight is 335 g/mol. The second kappa shape index (κ2) is 5.40. The van der Waals surface area contributed by atoms with Gasteiger partial charge in [0.1, 0.15) is 4.34 Å². The molecule has 0 aliphatic rings. The zero-order valence-corrected chi connectivity index (χ0v) is 13.7. The molecular weight excluding hydrogens is 323 g/mol. The SMILES string of the molecule is CC(C)(C)c1csc(NC(=O)c2cc(Cl)sc2Cl)n1. The topological polar surface area (TPSA) is 42.0 Å². The van der Waals surface area contributed by atoms with Gasteiger partial charge in [-0.1, -0.05) is 44.0 Å². The predicted molar refractivity (Wildman–Crippen MR) is 83.1 cm³/mol. The summed E-state index contributed by atoms with van der Waals surface area (Å²) in [5, 5.41) is 5.24. The fraction of sp³-hybridized carbons (Fsp3) is 0.333. The maximum atomic E-state index is 12.0. The van der Waals surface area contributed by atoms with Gasteiger partial charge in [-0.25, -0.2) is 4.98 Å². The van der Waals surface area contributed by atoms with Gasteiger partial charge < -0.3 is 0 Å². The Morgan fingerprint density at radius 3 is 2.53 bits per heavy atom. The van der Waals surface area contributed by atoms with Crippen molar-refractivity contribution in [2.24, 2.45) is 0 Å². The number of thiophene rings is 1. The highest BCUT2D eigenvalue weighted by Gasteiger charge is 2.19. The van der Waals surface area contributed by atoms with Crippen molar-refractivity contribution in [3.63, 3.8) is 0 Å². The van der Waals surface area contributed by atoms with Gasteiger partial charge in [0.05, 0.1) is 15.6 Å². The van der Waals surface area contributed by atoms with Crippen LogP contribution in [0.15, 0.2) is 11.4 Å². The van der Waals surface area contributed by atoms with E-state index in [4.69, 9.17) is 23.2 Å². The zero-order chi connectivity index (χ0) is 14.2. The molecule has 0 saturated carbocycles. The van der Waals surface area contributed by atoms with Crippen LogP contribution in [0.2, 0.25) is 8.67 Å². The molecule has 2 aromatic rings. The number of amides is 1. The maximum Gasteiger partial charge on any atom is 0.259 e. The Bertz CT molecular complexity index is 614. The standard InChI is InChI=1S/C12H12Cl2N2OS2/c1-12(2,3)7-5-18-11(15-7)16-10(17)6-4-8(13)19-9(6)14/h4-5H,1-3H3,(H,15,16,17). The van der Waals surface area contributed by atoms with E-state index in [0.29, 0.717) is 19.4 Å². The Balaban J connectivity index is 2.16. The molecule has 0 unspecified atom stereocenters. The number of nitrogens with one attached hydrogen (secondary N) is 1. The number of anilines is 1. The second-order valence-electron chi connectivity index (χ2n) is 4.98. The van der Waals surface area contributed by atoms with Crippen LogP contribution in [0.25, 0.3) is 0 Å². The van der Waals surface area contributed by atoms with Crippen LogP contribution >= 0.6 is 45.9 Å². The van der Waals surface area contributed by atoms with Crippen molar-refractivity contribution in [3.8, 4) is 0 Å². The van der Waals surface area contributed by atoms with E-state index in [1.807, 2.05) is 5.38 Å². The van der Waals surface area contributed by atoms with Crippen LogP contribution in [0, 0.1) is 0 Å². The van der Waals surface area contributed by atoms with Gasteiger partial charge in [-0.3, -0.25) is 10.1 Å². The maximum absolute atomic E-state index is 12.0. The molecule has 102 valence electrons. The predicted octanol–water partition coefficient (Wildman–Crippen LogP) is 5.06. The van der Waals surface area contributed by atoms with E-state index < -0.39 is 0 Å². The van der Waals surface area contributed by atoms with Gasteiger partial charge in [-0.2, -0.15) is 0 Å². The molecule has 1 N–H and O–H groups in total. The van der Waals surface area contributed by atoms with Gasteiger partial charge >= 0.3 is 0 Å². The minimum Gasteiger partial charge on any atom is -0.298 e. The molecule has 2 rings (SSSR count). The van der Waals surface area contributed by atoms with E-state index in [0.717, 1.165) is 5.69 Å². The van der Waals surface area contributed by atoms with Crippen molar-refractivity contribution in [1.82, 2.24) is 4.98 Å². The summed E-state index contributed by atoms with van der Waals surface area (Å²) < 4.78 is 0.875. The van der Waals surface area contributed by atoms with E-state index in [-0.39, 0.29) is 11.3 Å². The van der Waals surface area contributed by atoms with E-state index in [1.165, 1.54) is 22.7 Å². The molecule has 19 heavy (non-hydrogen) atoms. The summed E-state index contributed by atoms with van der Waals surface area (Å²) in [5.41, 5.74) is 1.29. The highest BCUT2D eigenvalue weighted by atomic mass is 35.5. The lowest BCUT2D eigenvalue weighted by Gasteiger charge is -2.14. The number of hydrogen-bond donors (Lipinski definition) is 1. The zero-order valence-electron chi connectivity index (χ0n) is 10.6. The van der Waals surface area contributed by atoms with E-state index in [9.17, 15) is 4.79 Å². The quantitative estimate of drug-likeness (QED) is 0.833. The van der Waals surface area contributed by atoms with Crippen LogP contribution in [0.5, 0.6) is 0 Å². The highest BCUT2D eigenvalue weighted by molar-refractivity contribution is 7.20. The molecule has 0 aliphatic heterocycles. The first-order chi connectivity index (χ1) is 8.77. The first kappa shape index (κ1) is 14.8. The first-order valence-electron chi connectivity index (χ1n) is 5.49. The van der Waals surface area contributed by atoms with E-state index >= 15 is 0 Å². The van der Waals surface area contributed by atoms with Gasteiger partial charge in [-0.05, 0) is 6.07 Å². The highest BCUT2D eigenvalue weighted by Crippen LogP contribution is 2.32. The van der Waals surface area contributed by atoms with Crippen molar-refractivity contribution in [1.29, 1.82) is 0 Å². The summed E-state index contributed by atoms with van der Waals surface area (Å²) >= 11 is 14.3. The molecule has 2 heterocycles. The summed E-state index contributed by atoms with van der Waals surface area (Å²) in [6.45, 7) is 6.22. The number of thiazole rings is 1. The molecule has 0 atom stereocenters. The number of rotatable bonds is 2. The number of carbonyl (C=O) groups is 1. The lowest BCUT2D eigenvalue weighted by atomic mass is 9.93. The summed E-state index contributed by atoms with van der Waals surface area (Å²) in [4.78, 5) is 16.4. The Hall–Kier alpha value is -0.620. The molecule has 0 aromatic carbocycles. The minimum atomic E-state index is -0.289. The monoisotopic (exact) mass is 334 g/mol. The Kier molecular flexibility index (Phi) is 4.20. The average Bonchev–Trinajstić information content (AvgIpc) is 2.84. The number of hydrogen-bond acceptors (Lipinski definition) is 4. The van der Waals surface area contributed by atoms with E-state index in [1.54, 1.807) is 6.07 Å². The lowest BCUT2D eigenvalue weighted by molar-refractivity contribution is 0.102. The lowest BCUT2D eigenvalue weighted by Crippen LogP contribution is -2.14. The third-order valence-corrected chi connectivity index (χ3v) is 4.64. The Morgan fingerprint density at radius 2 is 2.05 bits per heavy atom. The first-order valence-corrected chi connectivity index (χ1v) is 7.95. The number of aromatic nitrogens is 1. The number of carbonyl (C=O) groups excluding carboxylic acids is 1. The summed E-state index contributed by atoms with van der Waals surface area (Å²) in [7, 11) is 0. The minimum absolute atomic E-state index is 0.0389. The van der Waals surface area contributed by atoms with Crippen molar-refractivity contribution < 1.29 is 4.79 Å². The van der Waals surface area contributed by atoms with Crippen LogP contribution in [0.1, 0.15) is 36.8 Å². The van der Waals surface area contributed by atoms with Crippen LogP contribution in [0.3, 0.4) is 0 Å². The normalized spacial score (nSPS) is 11.6. The molecule has 3 nitrogen and oxygen atoms in total. The van der Waals surface area contributed by atoms with Crippen LogP contribution in [-0.4, -0.2) is 10.9 Å². The second-order valence-corrected chi connectivity index (χ2v) is 8.12. The third-order valence-electron chi connectivity index (χ3n) is 2.39. The largest absolute Gasteiger partial charge is 0.298 e. The van der Waals surface area contributed by atoms with Crippen LogP contribution in [0.4, 0.5) is 5.13 Å². The Morgan fingerprint density at radius 1 is 1.37 bits per heavy atom. The van der Waals surface area contributed by atoms with Gasteiger partial charge in [0, 0.05) is 10.8 Å². The van der Waals surface area contributed by atoms with Crippen molar-refractivity contribution in [2.45, 2.75) is 26.2 Å². The summed E-state index contributed by atoms with van der Waals surface area (Å²) in [6.07, 6.45) is 0. The fourth-order valence-electron chi connectivity index (χ4n) is 1.34. The molecule has 0 aliphatic carbocycles. The van der Waals surface area contributed by atoms with Gasteiger partial charge in [0.2, 0.25) is 0 Å². The number of nitrogens with zero attached hydrogens (tertiary/aromatic N) is 1. The van der Waals surface area contributed by atoms with Gasteiger partial charge in [0.25, 0.3) is 5.91 Å². The molecule has 2 aromatic heterocycles. The van der Waals surface area contributed by atoms with Crippen molar-refractivity contribution in [2.75, 3.05) is 5.32 Å². The molecule has 7 heteroatoms. The summed E-state index contributed by atoms with van der Waals surface area (Å²) in [5.74, 6) is -0.289. The van der Waals surface area contributed by atoms with Crippen LogP contribution in [-0.2, 0) is 5.41 Å². The molecule has 0 saturated heterocycles. The smallest absolute Gasteiger partial charge is 0.259 e. The Labute approximate surface area is 129 Å². The molecule has 0 bridgehead atoms. The fourth-order valence-corrected chi connectivity index (χ4v) is 3.73. The van der Waals surface area contributed by atoms with Gasteiger partial charge in [-0.15, -0.1) is 22.7 Å². The van der Waals surface area contributed by atoms with Crippen molar-refractivity contribution >= 4 is 56.9 Å². The number of halogens is 2. The molecule has 0 fully saturated rings. The van der Waals surface area contributed by atoms with E-state index in [2.05, 4.69) is 31.1 Å². The molecule has 1 amide bonds. The molecule has 0 radical (unpaired) electrons.